The van der Waals surface area contributed by atoms with Crippen LogP contribution in [-0.4, -0.2) is 44.3 Å². The number of nitrogens with one attached hydrogen (secondary N) is 1. The summed E-state index contributed by atoms with van der Waals surface area (Å²) in [6, 6.07) is 16.6. The average Bonchev–Trinajstić information content (AvgIpc) is 2.91. The summed E-state index contributed by atoms with van der Waals surface area (Å²) in [5.74, 6) is -0.722. The molecule has 3 aromatic rings. The third kappa shape index (κ3) is 7.91. The Morgan fingerprint density at radius 2 is 1.55 bits per heavy atom. The van der Waals surface area contributed by atoms with Gasteiger partial charge in [0.05, 0.1) is 20.6 Å². The van der Waals surface area contributed by atoms with Crippen LogP contribution in [0.4, 0.5) is 5.69 Å². The zero-order chi connectivity index (χ0) is 29.6. The molecule has 0 saturated carbocycles. The van der Waals surface area contributed by atoms with Gasteiger partial charge in [-0.25, -0.2) is 8.42 Å². The van der Waals surface area contributed by atoms with Gasteiger partial charge >= 0.3 is 0 Å². The van der Waals surface area contributed by atoms with E-state index in [4.69, 9.17) is 34.8 Å². The second-order valence-electron chi connectivity index (χ2n) is 9.84. The second kappa shape index (κ2) is 13.7. The van der Waals surface area contributed by atoms with Gasteiger partial charge in [-0.1, -0.05) is 72.9 Å². The highest BCUT2D eigenvalue weighted by atomic mass is 35.5. The van der Waals surface area contributed by atoms with Crippen molar-refractivity contribution in [1.82, 2.24) is 10.2 Å². The van der Waals surface area contributed by atoms with E-state index in [0.29, 0.717) is 38.4 Å². The monoisotopic (exact) mass is 623 g/mol. The van der Waals surface area contributed by atoms with Crippen LogP contribution in [0.3, 0.4) is 0 Å². The van der Waals surface area contributed by atoms with Crippen molar-refractivity contribution in [3.05, 3.63) is 92.9 Å². The van der Waals surface area contributed by atoms with E-state index in [0.717, 1.165) is 4.31 Å². The van der Waals surface area contributed by atoms with Crippen LogP contribution in [-0.2, 0) is 26.2 Å². The maximum absolute atomic E-state index is 14.0. The van der Waals surface area contributed by atoms with Crippen LogP contribution in [0.25, 0.3) is 0 Å². The van der Waals surface area contributed by atoms with E-state index in [1.54, 1.807) is 56.3 Å². The zero-order valence-corrected chi connectivity index (χ0v) is 25.8. The fourth-order valence-electron chi connectivity index (χ4n) is 3.96. The molecular weight excluding hydrogens is 593 g/mol. The minimum absolute atomic E-state index is 0.00852. The summed E-state index contributed by atoms with van der Waals surface area (Å²) in [5.41, 5.74) is 1.64. The number of hydrogen-bond donors (Lipinski definition) is 1. The lowest BCUT2D eigenvalue weighted by molar-refractivity contribution is -0.139. The highest BCUT2D eigenvalue weighted by molar-refractivity contribution is 7.92. The molecule has 0 fully saturated rings. The molecule has 2 amide bonds. The van der Waals surface area contributed by atoms with E-state index < -0.39 is 28.5 Å². The largest absolute Gasteiger partial charge is 0.354 e. The number of para-hydroxylation sites is 1. The fourth-order valence-corrected chi connectivity index (χ4v) is 5.89. The van der Waals surface area contributed by atoms with E-state index in [2.05, 4.69) is 5.32 Å². The highest BCUT2D eigenvalue weighted by Gasteiger charge is 2.33. The molecule has 0 bridgehead atoms. The van der Waals surface area contributed by atoms with Gasteiger partial charge in [0.25, 0.3) is 10.0 Å². The van der Waals surface area contributed by atoms with E-state index in [1.807, 2.05) is 13.8 Å². The number of sulfonamides is 1. The number of benzene rings is 3. The van der Waals surface area contributed by atoms with E-state index in [-0.39, 0.29) is 23.3 Å². The van der Waals surface area contributed by atoms with Crippen LogP contribution < -0.4 is 9.62 Å². The van der Waals surface area contributed by atoms with Crippen molar-refractivity contribution in [2.24, 2.45) is 5.92 Å². The quantitative estimate of drug-likeness (QED) is 0.270. The first-order valence-electron chi connectivity index (χ1n) is 12.7. The number of anilines is 1. The summed E-state index contributed by atoms with van der Waals surface area (Å²) < 4.78 is 28.8. The molecule has 7 nitrogen and oxygen atoms in total. The SMILES string of the molecule is Cc1ccccc1N(CC(=O)N(Cc1ccc(Cl)c(Cl)c1)[C@H](C)C(=O)NCC(C)C)S(=O)(=O)c1ccc(Cl)cc1. The Kier molecular flexibility index (Phi) is 10.9. The number of nitrogens with zero attached hydrogens (tertiary/aromatic N) is 2. The molecule has 11 heteroatoms. The molecule has 0 radical (unpaired) electrons. The van der Waals surface area contributed by atoms with Crippen molar-refractivity contribution in [2.75, 3.05) is 17.4 Å². The number of halogens is 3. The summed E-state index contributed by atoms with van der Waals surface area (Å²) in [7, 11) is -4.19. The Bertz CT molecular complexity index is 1460. The van der Waals surface area contributed by atoms with Gasteiger partial charge in [0.1, 0.15) is 12.6 Å². The topological polar surface area (TPSA) is 86.8 Å². The molecule has 3 aromatic carbocycles. The van der Waals surface area contributed by atoms with Crippen LogP contribution in [0.1, 0.15) is 31.9 Å². The summed E-state index contributed by atoms with van der Waals surface area (Å²) in [6.45, 7) is 7.19. The lowest BCUT2D eigenvalue weighted by Crippen LogP contribution is -2.51. The van der Waals surface area contributed by atoms with Gasteiger partial charge in [-0.3, -0.25) is 13.9 Å². The lowest BCUT2D eigenvalue weighted by Gasteiger charge is -2.32. The molecule has 1 atom stereocenters. The Morgan fingerprint density at radius 1 is 0.900 bits per heavy atom. The maximum Gasteiger partial charge on any atom is 0.264 e. The molecule has 0 aliphatic rings. The highest BCUT2D eigenvalue weighted by Crippen LogP contribution is 2.28. The van der Waals surface area contributed by atoms with E-state index in [9.17, 15) is 18.0 Å². The average molecular weight is 625 g/mol. The van der Waals surface area contributed by atoms with Gasteiger partial charge in [-0.15, -0.1) is 0 Å². The first-order chi connectivity index (χ1) is 18.8. The van der Waals surface area contributed by atoms with Crippen LogP contribution in [0.2, 0.25) is 15.1 Å². The summed E-state index contributed by atoms with van der Waals surface area (Å²) in [5, 5.41) is 3.89. The zero-order valence-electron chi connectivity index (χ0n) is 22.7. The van der Waals surface area contributed by atoms with Gasteiger partial charge in [0.15, 0.2) is 0 Å². The number of carbonyl (C=O) groups excluding carboxylic acids is 2. The molecule has 0 heterocycles. The standard InChI is InChI=1S/C29H32Cl3N3O4S/c1-19(2)16-33-29(37)21(4)34(17-22-9-14-25(31)26(32)15-22)28(36)18-35(27-8-6-5-7-20(27)3)40(38,39)24-12-10-23(30)11-13-24/h5-15,19,21H,16-18H2,1-4H3,(H,33,37)/t21-/m1/s1. The molecule has 40 heavy (non-hydrogen) atoms. The van der Waals surface area contributed by atoms with Crippen molar-refractivity contribution in [3.63, 3.8) is 0 Å². The number of aryl methyl sites for hydroxylation is 1. The Labute approximate surface area is 251 Å². The first-order valence-corrected chi connectivity index (χ1v) is 15.2. The van der Waals surface area contributed by atoms with Crippen LogP contribution in [0.5, 0.6) is 0 Å². The predicted molar refractivity (Wildman–Crippen MR) is 161 cm³/mol. The van der Waals surface area contributed by atoms with Crippen LogP contribution in [0, 0.1) is 12.8 Å². The molecule has 0 aromatic heterocycles. The number of hydrogen-bond acceptors (Lipinski definition) is 4. The number of rotatable bonds is 11. The van der Waals surface area contributed by atoms with Gasteiger partial charge in [-0.05, 0) is 73.4 Å². The summed E-state index contributed by atoms with van der Waals surface area (Å²) in [6.07, 6.45) is 0. The number of amides is 2. The smallest absolute Gasteiger partial charge is 0.264 e. The molecule has 0 aliphatic heterocycles. The van der Waals surface area contributed by atoms with Crippen molar-refractivity contribution < 1.29 is 18.0 Å². The maximum atomic E-state index is 14.0. The Hall–Kier alpha value is -2.78. The van der Waals surface area contributed by atoms with Gasteiger partial charge in [0.2, 0.25) is 11.8 Å². The van der Waals surface area contributed by atoms with E-state index in [1.165, 1.54) is 29.2 Å². The summed E-state index contributed by atoms with van der Waals surface area (Å²) >= 11 is 18.3. The molecule has 0 aliphatic carbocycles. The van der Waals surface area contributed by atoms with E-state index >= 15 is 0 Å². The molecule has 3 rings (SSSR count). The lowest BCUT2D eigenvalue weighted by atomic mass is 10.1. The van der Waals surface area contributed by atoms with Crippen molar-refractivity contribution >= 4 is 62.3 Å². The van der Waals surface area contributed by atoms with Gasteiger partial charge in [-0.2, -0.15) is 0 Å². The van der Waals surface area contributed by atoms with Gasteiger partial charge in [0, 0.05) is 18.1 Å². The normalized spacial score (nSPS) is 12.2. The molecule has 214 valence electrons. The molecule has 0 unspecified atom stereocenters. The molecule has 0 spiro atoms. The minimum atomic E-state index is -4.19. The minimum Gasteiger partial charge on any atom is -0.354 e. The predicted octanol–water partition coefficient (Wildman–Crippen LogP) is 6.34. The fraction of sp³-hybridized carbons (Fsp3) is 0.310. The third-order valence-electron chi connectivity index (χ3n) is 6.25. The van der Waals surface area contributed by atoms with Crippen molar-refractivity contribution in [3.8, 4) is 0 Å². The second-order valence-corrected chi connectivity index (χ2v) is 13.0. The Balaban J connectivity index is 2.04. The van der Waals surface area contributed by atoms with Crippen LogP contribution in [0.15, 0.2) is 71.6 Å². The van der Waals surface area contributed by atoms with Crippen molar-refractivity contribution in [2.45, 2.75) is 45.2 Å². The molecular formula is C29H32Cl3N3O4S. The van der Waals surface area contributed by atoms with Crippen LogP contribution >= 0.6 is 34.8 Å². The molecule has 1 N–H and O–H groups in total. The summed E-state index contributed by atoms with van der Waals surface area (Å²) in [4.78, 5) is 28.4. The van der Waals surface area contributed by atoms with Gasteiger partial charge < -0.3 is 10.2 Å². The molecule has 0 saturated heterocycles. The van der Waals surface area contributed by atoms with Crippen molar-refractivity contribution in [1.29, 1.82) is 0 Å². The number of carbonyl (C=O) groups is 2. The third-order valence-corrected chi connectivity index (χ3v) is 9.02. The first kappa shape index (κ1) is 31.7. The Morgan fingerprint density at radius 3 is 2.15 bits per heavy atom.